The topological polar surface area (TPSA) is 91.2 Å². The van der Waals surface area contributed by atoms with Gasteiger partial charge < -0.3 is 10.1 Å². The van der Waals surface area contributed by atoms with E-state index >= 15 is 0 Å². The molecule has 0 radical (unpaired) electrons. The maximum Gasteiger partial charge on any atom is 0.348 e. The van der Waals surface area contributed by atoms with Crippen LogP contribution in [0, 0.1) is 18.3 Å². The molecule has 0 atom stereocenters. The Morgan fingerprint density at radius 2 is 2.21 bits per heavy atom. The van der Waals surface area contributed by atoms with Crippen LogP contribution >= 0.6 is 34.9 Å². The molecule has 0 spiro atoms. The van der Waals surface area contributed by atoms with Crippen molar-refractivity contribution in [3.63, 3.8) is 0 Å². The Labute approximate surface area is 152 Å². The number of nitriles is 1. The number of hydrogen-bond acceptors (Lipinski definition) is 7. The van der Waals surface area contributed by atoms with E-state index in [-0.39, 0.29) is 17.6 Å². The van der Waals surface area contributed by atoms with Crippen LogP contribution in [0.1, 0.15) is 37.4 Å². The lowest BCUT2D eigenvalue weighted by molar-refractivity contribution is 0.0531. The fourth-order valence-electron chi connectivity index (χ4n) is 1.83. The van der Waals surface area contributed by atoms with Gasteiger partial charge in [0.2, 0.25) is 0 Å². The zero-order chi connectivity index (χ0) is 17.7. The number of amides is 1. The third-order valence-electron chi connectivity index (χ3n) is 2.92. The van der Waals surface area contributed by atoms with Gasteiger partial charge in [-0.15, -0.1) is 22.7 Å². The number of esters is 1. The Bertz CT molecular complexity index is 819. The van der Waals surface area contributed by atoms with E-state index in [1.165, 1.54) is 11.3 Å². The molecule has 124 valence electrons. The van der Waals surface area contributed by atoms with Crippen LogP contribution in [0.5, 0.6) is 0 Å². The monoisotopic (exact) mass is 379 g/mol. The van der Waals surface area contributed by atoms with E-state index in [1.807, 2.05) is 6.07 Å². The minimum absolute atomic E-state index is 0.0570. The summed E-state index contributed by atoms with van der Waals surface area (Å²) >= 11 is 7.47. The molecule has 0 aliphatic heterocycles. The van der Waals surface area contributed by atoms with Crippen molar-refractivity contribution in [2.45, 2.75) is 13.8 Å². The van der Waals surface area contributed by atoms with Gasteiger partial charge in [0.05, 0.1) is 17.0 Å². The molecule has 2 rings (SSSR count). The second-order valence-corrected chi connectivity index (χ2v) is 6.85. The number of thiocarbonyl (C=S) groups is 1. The van der Waals surface area contributed by atoms with E-state index in [0.717, 1.165) is 11.3 Å². The zero-order valence-corrected chi connectivity index (χ0v) is 15.3. The van der Waals surface area contributed by atoms with Crippen molar-refractivity contribution in [1.29, 1.82) is 5.26 Å². The molecule has 0 saturated heterocycles. The maximum absolute atomic E-state index is 12.0. The number of hydrogen-bond donors (Lipinski definition) is 2. The molecule has 2 aromatic heterocycles. The van der Waals surface area contributed by atoms with Crippen molar-refractivity contribution in [3.05, 3.63) is 38.4 Å². The predicted molar refractivity (Wildman–Crippen MR) is 97.7 cm³/mol. The molecule has 24 heavy (non-hydrogen) atoms. The summed E-state index contributed by atoms with van der Waals surface area (Å²) < 4.78 is 4.97. The van der Waals surface area contributed by atoms with E-state index in [0.29, 0.717) is 25.9 Å². The molecular formula is C15H13N3O3S3. The van der Waals surface area contributed by atoms with Crippen LogP contribution in [-0.2, 0) is 4.74 Å². The largest absolute Gasteiger partial charge is 0.462 e. The normalized spacial score (nSPS) is 9.88. The second-order valence-electron chi connectivity index (χ2n) is 4.48. The van der Waals surface area contributed by atoms with Crippen LogP contribution in [0.3, 0.4) is 0 Å². The number of carbonyl (C=O) groups excluding carboxylic acids is 2. The number of carbonyl (C=O) groups is 2. The first-order valence-corrected chi connectivity index (χ1v) is 8.94. The summed E-state index contributed by atoms with van der Waals surface area (Å²) in [4.78, 5) is 24.7. The minimum atomic E-state index is -0.488. The molecule has 2 aromatic rings. The highest BCUT2D eigenvalue weighted by molar-refractivity contribution is 7.80. The van der Waals surface area contributed by atoms with Crippen molar-refractivity contribution in [2.24, 2.45) is 0 Å². The molecule has 0 aliphatic rings. The van der Waals surface area contributed by atoms with E-state index in [2.05, 4.69) is 10.6 Å². The summed E-state index contributed by atoms with van der Waals surface area (Å²) in [6.45, 7) is 3.62. The molecule has 0 aromatic carbocycles. The lowest BCUT2D eigenvalue weighted by Crippen LogP contribution is -2.33. The standard InChI is InChI=1S/C15H13N3O3S3/c1-3-21-14(20)11-8(2)9(7-16)13(24-11)18-15(22)17-12(19)10-5-4-6-23-10/h4-6H,3H2,1-2H3,(H2,17,18,19,22). The van der Waals surface area contributed by atoms with Gasteiger partial charge in [0.1, 0.15) is 15.9 Å². The van der Waals surface area contributed by atoms with E-state index in [4.69, 9.17) is 17.0 Å². The molecular weight excluding hydrogens is 366 g/mol. The van der Waals surface area contributed by atoms with Gasteiger partial charge in [-0.05, 0) is 43.1 Å². The smallest absolute Gasteiger partial charge is 0.348 e. The lowest BCUT2D eigenvalue weighted by Gasteiger charge is -2.07. The highest BCUT2D eigenvalue weighted by atomic mass is 32.1. The Hall–Kier alpha value is -2.28. The summed E-state index contributed by atoms with van der Waals surface area (Å²) in [5, 5.41) is 16.9. The molecule has 9 heteroatoms. The van der Waals surface area contributed by atoms with E-state index in [1.54, 1.807) is 31.4 Å². The first-order valence-electron chi connectivity index (χ1n) is 6.84. The van der Waals surface area contributed by atoms with Gasteiger partial charge in [-0.1, -0.05) is 6.07 Å². The number of thiophene rings is 2. The fourth-order valence-corrected chi connectivity index (χ4v) is 3.77. The summed E-state index contributed by atoms with van der Waals surface area (Å²) in [7, 11) is 0. The Balaban J connectivity index is 2.15. The summed E-state index contributed by atoms with van der Waals surface area (Å²) in [5.74, 6) is -0.821. The van der Waals surface area contributed by atoms with E-state index in [9.17, 15) is 14.9 Å². The highest BCUT2D eigenvalue weighted by Gasteiger charge is 2.22. The molecule has 0 fully saturated rings. The molecule has 6 nitrogen and oxygen atoms in total. The number of rotatable bonds is 4. The highest BCUT2D eigenvalue weighted by Crippen LogP contribution is 2.33. The summed E-state index contributed by atoms with van der Waals surface area (Å²) in [6, 6.07) is 5.48. The van der Waals surface area contributed by atoms with Crippen molar-refractivity contribution in [1.82, 2.24) is 5.32 Å². The zero-order valence-electron chi connectivity index (χ0n) is 12.8. The fraction of sp³-hybridized carbons (Fsp3) is 0.200. The van der Waals surface area contributed by atoms with Crippen LogP contribution in [0.4, 0.5) is 5.00 Å². The lowest BCUT2D eigenvalue weighted by atomic mass is 10.2. The Morgan fingerprint density at radius 3 is 2.79 bits per heavy atom. The third kappa shape index (κ3) is 3.97. The van der Waals surface area contributed by atoms with Crippen molar-refractivity contribution in [2.75, 3.05) is 11.9 Å². The average molecular weight is 379 g/mol. The molecule has 2 N–H and O–H groups in total. The van der Waals surface area contributed by atoms with Crippen LogP contribution in [0.25, 0.3) is 0 Å². The summed E-state index contributed by atoms with van der Waals surface area (Å²) in [6.07, 6.45) is 0. The van der Waals surface area contributed by atoms with Gasteiger partial charge in [-0.3, -0.25) is 10.1 Å². The van der Waals surface area contributed by atoms with Crippen molar-refractivity contribution < 1.29 is 14.3 Å². The predicted octanol–water partition coefficient (Wildman–Crippen LogP) is 3.29. The average Bonchev–Trinajstić information content (AvgIpc) is 3.16. The molecule has 0 bridgehead atoms. The quantitative estimate of drug-likeness (QED) is 0.626. The molecule has 0 unspecified atom stereocenters. The van der Waals surface area contributed by atoms with Gasteiger partial charge in [0.25, 0.3) is 5.91 Å². The first kappa shape index (κ1) is 18.1. The van der Waals surface area contributed by atoms with Gasteiger partial charge in [0, 0.05) is 0 Å². The molecule has 2 heterocycles. The molecule has 1 amide bonds. The maximum atomic E-state index is 12.0. The van der Waals surface area contributed by atoms with Crippen LogP contribution in [-0.4, -0.2) is 23.6 Å². The number of nitrogens with one attached hydrogen (secondary N) is 2. The van der Waals surface area contributed by atoms with Gasteiger partial charge in [-0.2, -0.15) is 5.26 Å². The van der Waals surface area contributed by atoms with Crippen molar-refractivity contribution >= 4 is 56.9 Å². The second kappa shape index (κ2) is 8.01. The summed E-state index contributed by atoms with van der Waals surface area (Å²) in [5.41, 5.74) is 0.826. The third-order valence-corrected chi connectivity index (χ3v) is 5.18. The van der Waals surface area contributed by atoms with Crippen LogP contribution in [0.15, 0.2) is 17.5 Å². The minimum Gasteiger partial charge on any atom is -0.462 e. The van der Waals surface area contributed by atoms with Gasteiger partial charge in [-0.25, -0.2) is 4.79 Å². The number of nitrogens with zero attached hydrogens (tertiary/aromatic N) is 1. The Kier molecular flexibility index (Phi) is 6.03. The molecule has 0 saturated carbocycles. The van der Waals surface area contributed by atoms with Crippen LogP contribution in [0.2, 0.25) is 0 Å². The molecule has 0 aliphatic carbocycles. The van der Waals surface area contributed by atoms with Gasteiger partial charge >= 0.3 is 5.97 Å². The first-order chi connectivity index (χ1) is 11.5. The number of anilines is 1. The van der Waals surface area contributed by atoms with Crippen LogP contribution < -0.4 is 10.6 Å². The Morgan fingerprint density at radius 1 is 1.46 bits per heavy atom. The van der Waals surface area contributed by atoms with Crippen molar-refractivity contribution in [3.8, 4) is 6.07 Å². The van der Waals surface area contributed by atoms with E-state index < -0.39 is 5.97 Å². The SMILES string of the molecule is CCOC(=O)c1sc(NC(=S)NC(=O)c2cccs2)c(C#N)c1C. The number of ether oxygens (including phenoxy) is 1. The van der Waals surface area contributed by atoms with Gasteiger partial charge in [0.15, 0.2) is 5.11 Å².